The molecular formula is C13H20N2O6. The molecule has 0 aliphatic heterocycles. The van der Waals surface area contributed by atoms with Gasteiger partial charge in [0.1, 0.15) is 6.04 Å². The summed E-state index contributed by atoms with van der Waals surface area (Å²) in [7, 11) is 1.65. The first-order valence-corrected chi connectivity index (χ1v) is 6.42. The Bertz CT molecular complexity index is 569. The summed E-state index contributed by atoms with van der Waals surface area (Å²) in [4.78, 5) is 24.6. The molecule has 21 heavy (non-hydrogen) atoms. The van der Waals surface area contributed by atoms with E-state index in [1.54, 1.807) is 11.9 Å². The second-order valence-corrected chi connectivity index (χ2v) is 4.80. The first kappa shape index (κ1) is 17.2. The summed E-state index contributed by atoms with van der Waals surface area (Å²) in [6.07, 6.45) is 0. The molecule has 0 radical (unpaired) electrons. The zero-order valence-electron chi connectivity index (χ0n) is 12.0. The minimum Gasteiger partial charge on any atom is -0.503 e. The van der Waals surface area contributed by atoms with Crippen LogP contribution in [-0.2, 0) is 17.9 Å². The van der Waals surface area contributed by atoms with Crippen molar-refractivity contribution in [3.8, 4) is 5.75 Å². The molecule has 0 saturated heterocycles. The predicted octanol–water partition coefficient (Wildman–Crippen LogP) is -0.884. The Kier molecular flexibility index (Phi) is 5.89. The summed E-state index contributed by atoms with van der Waals surface area (Å²) in [5.74, 6) is -1.70. The Balaban J connectivity index is 3.45. The van der Waals surface area contributed by atoms with Crippen LogP contribution in [0.4, 0.5) is 0 Å². The fourth-order valence-electron chi connectivity index (χ4n) is 2.09. The van der Waals surface area contributed by atoms with Gasteiger partial charge in [-0.15, -0.1) is 0 Å². The maximum atomic E-state index is 11.7. The van der Waals surface area contributed by atoms with Crippen molar-refractivity contribution >= 4 is 5.97 Å². The molecule has 0 saturated carbocycles. The summed E-state index contributed by atoms with van der Waals surface area (Å²) >= 11 is 0. The van der Waals surface area contributed by atoms with Gasteiger partial charge in [0.15, 0.2) is 5.75 Å². The fourth-order valence-corrected chi connectivity index (χ4v) is 2.09. The molecule has 8 nitrogen and oxygen atoms in total. The highest BCUT2D eigenvalue weighted by molar-refractivity contribution is 5.71. The Labute approximate surface area is 121 Å². The second kappa shape index (κ2) is 7.21. The molecule has 0 spiro atoms. The third-order valence-electron chi connectivity index (χ3n) is 3.21. The minimum atomic E-state index is -1.15. The number of aromatic nitrogens is 1. The molecule has 0 aliphatic carbocycles. The van der Waals surface area contributed by atoms with Crippen LogP contribution in [0.25, 0.3) is 0 Å². The van der Waals surface area contributed by atoms with E-state index >= 15 is 0 Å². The number of aliphatic hydroxyl groups excluding tert-OH is 2. The van der Waals surface area contributed by atoms with Crippen molar-refractivity contribution < 1.29 is 25.2 Å². The molecule has 0 fully saturated rings. The van der Waals surface area contributed by atoms with Gasteiger partial charge in [0.25, 0.3) is 0 Å². The molecule has 0 aromatic carbocycles. The first-order chi connectivity index (χ1) is 9.83. The van der Waals surface area contributed by atoms with Crippen LogP contribution < -0.4 is 5.43 Å². The van der Waals surface area contributed by atoms with Gasteiger partial charge in [0.05, 0.1) is 18.9 Å². The van der Waals surface area contributed by atoms with Gasteiger partial charge in [0, 0.05) is 24.8 Å². The van der Waals surface area contributed by atoms with E-state index in [0.29, 0.717) is 6.54 Å². The number of hydrogen-bond acceptors (Lipinski definition) is 6. The molecule has 118 valence electrons. The Morgan fingerprint density at radius 2 is 2.05 bits per heavy atom. The van der Waals surface area contributed by atoms with E-state index in [0.717, 1.165) is 6.07 Å². The molecule has 1 atom stereocenters. The van der Waals surface area contributed by atoms with E-state index in [9.17, 15) is 19.8 Å². The van der Waals surface area contributed by atoms with Crippen LogP contribution in [-0.4, -0.2) is 56.1 Å². The molecule has 0 amide bonds. The van der Waals surface area contributed by atoms with Crippen LogP contribution in [0.2, 0.25) is 0 Å². The lowest BCUT2D eigenvalue weighted by molar-refractivity contribution is -0.140. The number of carboxylic acid groups (broad SMARTS) is 1. The van der Waals surface area contributed by atoms with E-state index in [2.05, 4.69) is 0 Å². The molecule has 1 rings (SSSR count). The molecule has 0 aliphatic rings. The quantitative estimate of drug-likeness (QED) is 0.515. The van der Waals surface area contributed by atoms with Gasteiger partial charge in [0.2, 0.25) is 5.43 Å². The molecule has 0 bridgehead atoms. The Morgan fingerprint density at radius 3 is 2.52 bits per heavy atom. The third kappa shape index (κ3) is 3.81. The lowest BCUT2D eigenvalue weighted by Crippen LogP contribution is -2.30. The van der Waals surface area contributed by atoms with E-state index in [-0.39, 0.29) is 24.5 Å². The van der Waals surface area contributed by atoms with Gasteiger partial charge < -0.3 is 25.0 Å². The molecule has 4 N–H and O–H groups in total. The van der Waals surface area contributed by atoms with Crippen LogP contribution in [0.1, 0.15) is 24.4 Å². The summed E-state index contributed by atoms with van der Waals surface area (Å²) in [6, 6.07) is -0.0409. The van der Waals surface area contributed by atoms with Gasteiger partial charge in [-0.2, -0.15) is 0 Å². The highest BCUT2D eigenvalue weighted by Crippen LogP contribution is 2.21. The van der Waals surface area contributed by atoms with Crippen molar-refractivity contribution in [3.63, 3.8) is 0 Å². The summed E-state index contributed by atoms with van der Waals surface area (Å²) in [5, 5.41) is 37.3. The van der Waals surface area contributed by atoms with Crippen molar-refractivity contribution in [2.24, 2.45) is 0 Å². The van der Waals surface area contributed by atoms with Gasteiger partial charge in [-0.1, -0.05) is 0 Å². The fraction of sp³-hybridized carbons (Fsp3) is 0.538. The predicted molar refractivity (Wildman–Crippen MR) is 74.1 cm³/mol. The zero-order valence-corrected chi connectivity index (χ0v) is 12.0. The summed E-state index contributed by atoms with van der Waals surface area (Å²) in [5.41, 5.74) is -0.474. The lowest BCUT2D eigenvalue weighted by Gasteiger charge is -2.25. The summed E-state index contributed by atoms with van der Waals surface area (Å²) < 4.78 is 1.23. The minimum absolute atomic E-state index is 0.0626. The average molecular weight is 300 g/mol. The molecule has 1 aromatic rings. The zero-order chi connectivity index (χ0) is 16.2. The van der Waals surface area contributed by atoms with Crippen LogP contribution >= 0.6 is 0 Å². The highest BCUT2D eigenvalue weighted by atomic mass is 16.4. The summed E-state index contributed by atoms with van der Waals surface area (Å²) in [6.45, 7) is 1.10. The van der Waals surface area contributed by atoms with Gasteiger partial charge in [-0.05, 0) is 14.0 Å². The molecule has 1 aromatic heterocycles. The maximum absolute atomic E-state index is 11.7. The monoisotopic (exact) mass is 300 g/mol. The highest BCUT2D eigenvalue weighted by Gasteiger charge is 2.23. The lowest BCUT2D eigenvalue weighted by atomic mass is 10.2. The van der Waals surface area contributed by atoms with Gasteiger partial charge >= 0.3 is 5.97 Å². The number of rotatable bonds is 7. The topological polar surface area (TPSA) is 123 Å². The van der Waals surface area contributed by atoms with E-state index in [1.807, 2.05) is 0 Å². The number of hydrogen-bond donors (Lipinski definition) is 4. The number of likely N-dealkylation sites (N-methyl/N-ethyl adjacent to an activating group) is 1. The molecule has 1 unspecified atom stereocenters. The molecule has 1 heterocycles. The number of carboxylic acids is 1. The van der Waals surface area contributed by atoms with Crippen molar-refractivity contribution in [2.45, 2.75) is 26.1 Å². The Hall–Kier alpha value is -1.90. The van der Waals surface area contributed by atoms with Crippen molar-refractivity contribution in [2.75, 3.05) is 20.2 Å². The van der Waals surface area contributed by atoms with Crippen LogP contribution in [0.15, 0.2) is 10.9 Å². The third-order valence-corrected chi connectivity index (χ3v) is 3.21. The first-order valence-electron chi connectivity index (χ1n) is 6.42. The largest absolute Gasteiger partial charge is 0.503 e. The maximum Gasteiger partial charge on any atom is 0.326 e. The van der Waals surface area contributed by atoms with Gasteiger partial charge in [-0.25, -0.2) is 4.79 Å². The second-order valence-electron chi connectivity index (χ2n) is 4.80. The van der Waals surface area contributed by atoms with Crippen LogP contribution in [0, 0.1) is 0 Å². The van der Waals surface area contributed by atoms with E-state index < -0.39 is 29.8 Å². The number of pyridine rings is 1. The smallest absolute Gasteiger partial charge is 0.326 e. The van der Waals surface area contributed by atoms with Crippen LogP contribution in [0.3, 0.4) is 0 Å². The SMILES string of the molecule is CC(C(=O)O)n1c(CO)cc(=O)c(O)c1CN(C)CCO. The van der Waals surface area contributed by atoms with E-state index in [1.165, 1.54) is 11.5 Å². The molecule has 8 heteroatoms. The van der Waals surface area contributed by atoms with Crippen molar-refractivity contribution in [3.05, 3.63) is 27.7 Å². The number of aliphatic hydroxyl groups is 2. The van der Waals surface area contributed by atoms with Crippen molar-refractivity contribution in [1.29, 1.82) is 0 Å². The van der Waals surface area contributed by atoms with Crippen LogP contribution in [0.5, 0.6) is 5.75 Å². The number of aromatic hydroxyl groups is 1. The van der Waals surface area contributed by atoms with E-state index in [4.69, 9.17) is 10.2 Å². The standard InChI is InChI=1S/C13H20N2O6/c1-8(13(20)21)15-9(7-17)5-11(18)12(19)10(15)6-14(2)3-4-16/h5,8,16-17,19H,3-4,6-7H2,1-2H3,(H,20,21). The normalized spacial score (nSPS) is 12.6. The Morgan fingerprint density at radius 1 is 1.43 bits per heavy atom. The number of carbonyl (C=O) groups is 1. The molecular weight excluding hydrogens is 280 g/mol. The average Bonchev–Trinajstić information content (AvgIpc) is 2.43. The number of aliphatic carboxylic acids is 1. The van der Waals surface area contributed by atoms with Gasteiger partial charge in [-0.3, -0.25) is 9.69 Å². The van der Waals surface area contributed by atoms with Crippen molar-refractivity contribution in [1.82, 2.24) is 9.47 Å². The number of nitrogens with zero attached hydrogens (tertiary/aromatic N) is 2.